The van der Waals surface area contributed by atoms with E-state index in [1.54, 1.807) is 14.2 Å². The molecule has 0 amide bonds. The molecule has 0 bridgehead atoms. The van der Waals surface area contributed by atoms with Gasteiger partial charge in [-0.2, -0.15) is 0 Å². The molecule has 0 spiro atoms. The van der Waals surface area contributed by atoms with E-state index in [4.69, 9.17) is 26.1 Å². The Balaban J connectivity index is 1.81. The topological polar surface area (TPSA) is 43.4 Å². The number of nitrogens with zero attached hydrogens (tertiary/aromatic N) is 1. The predicted molar refractivity (Wildman–Crippen MR) is 111 cm³/mol. The minimum Gasteiger partial charge on any atom is -0.497 e. The molecular weight excluding hydrogens is 360 g/mol. The van der Waals surface area contributed by atoms with Crippen LogP contribution in [0.5, 0.6) is 11.5 Å². The van der Waals surface area contributed by atoms with Crippen molar-refractivity contribution in [2.75, 3.05) is 19.5 Å². The first-order valence-electron chi connectivity index (χ1n) is 8.62. The summed E-state index contributed by atoms with van der Waals surface area (Å²) >= 11 is 6.18. The van der Waals surface area contributed by atoms with Gasteiger partial charge in [-0.15, -0.1) is 0 Å². The fourth-order valence-corrected chi connectivity index (χ4v) is 3.31. The molecule has 0 atom stereocenters. The molecule has 1 N–H and O–H groups in total. The molecule has 136 valence electrons. The molecule has 0 radical (unpaired) electrons. The summed E-state index contributed by atoms with van der Waals surface area (Å²) in [6.07, 6.45) is 0. The molecule has 0 saturated heterocycles. The normalized spacial score (nSPS) is 10.9. The SMILES string of the molecule is COc1ccc(CNc2c3ccc(Cl)cc3nc3ccc(OC)cc23)cc1. The summed E-state index contributed by atoms with van der Waals surface area (Å²) in [5.41, 5.74) is 3.92. The van der Waals surface area contributed by atoms with Gasteiger partial charge in [-0.25, -0.2) is 4.98 Å². The lowest BCUT2D eigenvalue weighted by molar-refractivity contribution is 0.414. The number of aromatic nitrogens is 1. The molecule has 1 heterocycles. The third-order valence-corrected chi connectivity index (χ3v) is 4.81. The van der Waals surface area contributed by atoms with Crippen LogP contribution >= 0.6 is 11.6 Å². The Hall–Kier alpha value is -2.98. The number of anilines is 1. The van der Waals surface area contributed by atoms with Gasteiger partial charge in [0.25, 0.3) is 0 Å². The highest BCUT2D eigenvalue weighted by molar-refractivity contribution is 6.31. The van der Waals surface area contributed by atoms with Crippen molar-refractivity contribution in [1.29, 1.82) is 0 Å². The van der Waals surface area contributed by atoms with Crippen molar-refractivity contribution in [3.05, 3.63) is 71.2 Å². The van der Waals surface area contributed by atoms with Crippen LogP contribution in [0.3, 0.4) is 0 Å². The number of ether oxygens (including phenoxy) is 2. The van der Waals surface area contributed by atoms with Crippen LogP contribution in [0.15, 0.2) is 60.7 Å². The number of rotatable bonds is 5. The number of hydrogen-bond donors (Lipinski definition) is 1. The molecule has 0 aliphatic rings. The first-order chi connectivity index (χ1) is 13.2. The van der Waals surface area contributed by atoms with Crippen LogP contribution in [0, 0.1) is 0 Å². The van der Waals surface area contributed by atoms with Crippen molar-refractivity contribution in [3.8, 4) is 11.5 Å². The van der Waals surface area contributed by atoms with Gasteiger partial charge >= 0.3 is 0 Å². The van der Waals surface area contributed by atoms with Gasteiger partial charge in [-0.05, 0) is 54.1 Å². The number of nitrogens with one attached hydrogen (secondary N) is 1. The van der Waals surface area contributed by atoms with Crippen LogP contribution in [0.1, 0.15) is 5.56 Å². The lowest BCUT2D eigenvalue weighted by atomic mass is 10.1. The molecule has 5 heteroatoms. The summed E-state index contributed by atoms with van der Waals surface area (Å²) in [5, 5.41) is 6.28. The predicted octanol–water partition coefficient (Wildman–Crippen LogP) is 5.67. The number of pyridine rings is 1. The molecule has 4 nitrogen and oxygen atoms in total. The molecule has 1 aromatic heterocycles. The van der Waals surface area contributed by atoms with E-state index in [9.17, 15) is 0 Å². The molecule has 4 aromatic rings. The van der Waals surface area contributed by atoms with Crippen LogP contribution in [0.2, 0.25) is 5.02 Å². The van der Waals surface area contributed by atoms with E-state index < -0.39 is 0 Å². The van der Waals surface area contributed by atoms with Crippen molar-refractivity contribution in [1.82, 2.24) is 4.98 Å². The van der Waals surface area contributed by atoms with Gasteiger partial charge in [0.1, 0.15) is 11.5 Å². The van der Waals surface area contributed by atoms with E-state index in [0.29, 0.717) is 11.6 Å². The average molecular weight is 379 g/mol. The summed E-state index contributed by atoms with van der Waals surface area (Å²) in [6.45, 7) is 0.679. The number of halogens is 1. The molecule has 0 fully saturated rings. The highest BCUT2D eigenvalue weighted by Gasteiger charge is 2.11. The molecule has 4 rings (SSSR count). The highest BCUT2D eigenvalue weighted by atomic mass is 35.5. The number of fused-ring (bicyclic) bond motifs is 2. The average Bonchev–Trinajstić information content (AvgIpc) is 2.71. The zero-order chi connectivity index (χ0) is 18.8. The van der Waals surface area contributed by atoms with Crippen LogP contribution in [-0.4, -0.2) is 19.2 Å². The van der Waals surface area contributed by atoms with Gasteiger partial charge in [0.15, 0.2) is 0 Å². The molecule has 27 heavy (non-hydrogen) atoms. The van der Waals surface area contributed by atoms with Crippen molar-refractivity contribution < 1.29 is 9.47 Å². The first kappa shape index (κ1) is 17.4. The monoisotopic (exact) mass is 378 g/mol. The lowest BCUT2D eigenvalue weighted by Crippen LogP contribution is -2.02. The second-order valence-corrected chi connectivity index (χ2v) is 6.67. The third kappa shape index (κ3) is 3.49. The zero-order valence-electron chi connectivity index (χ0n) is 15.1. The fraction of sp³-hybridized carbons (Fsp3) is 0.136. The summed E-state index contributed by atoms with van der Waals surface area (Å²) in [4.78, 5) is 4.76. The Bertz CT molecular complexity index is 1110. The van der Waals surface area contributed by atoms with Crippen molar-refractivity contribution >= 4 is 39.1 Å². The minimum absolute atomic E-state index is 0.670. The highest BCUT2D eigenvalue weighted by Crippen LogP contribution is 2.34. The van der Waals surface area contributed by atoms with Crippen LogP contribution in [0.4, 0.5) is 5.69 Å². The van der Waals surface area contributed by atoms with Gasteiger partial charge < -0.3 is 14.8 Å². The lowest BCUT2D eigenvalue weighted by Gasteiger charge is -2.14. The molecule has 0 aliphatic heterocycles. The van der Waals surface area contributed by atoms with E-state index in [-0.39, 0.29) is 0 Å². The van der Waals surface area contributed by atoms with E-state index >= 15 is 0 Å². The summed E-state index contributed by atoms with van der Waals surface area (Å²) in [6, 6.07) is 19.7. The summed E-state index contributed by atoms with van der Waals surface area (Å²) < 4.78 is 10.6. The second kappa shape index (κ2) is 7.33. The third-order valence-electron chi connectivity index (χ3n) is 4.57. The largest absolute Gasteiger partial charge is 0.497 e. The smallest absolute Gasteiger partial charge is 0.119 e. The maximum absolute atomic E-state index is 6.18. The van der Waals surface area contributed by atoms with E-state index in [1.807, 2.05) is 48.5 Å². The van der Waals surface area contributed by atoms with Crippen molar-refractivity contribution in [2.45, 2.75) is 6.54 Å². The number of hydrogen-bond acceptors (Lipinski definition) is 4. The minimum atomic E-state index is 0.670. The Labute approximate surface area is 162 Å². The van der Waals surface area contributed by atoms with E-state index in [0.717, 1.165) is 44.6 Å². The fourth-order valence-electron chi connectivity index (χ4n) is 3.15. The zero-order valence-corrected chi connectivity index (χ0v) is 15.9. The molecule has 0 unspecified atom stereocenters. The van der Waals surface area contributed by atoms with Crippen molar-refractivity contribution in [3.63, 3.8) is 0 Å². The van der Waals surface area contributed by atoms with Crippen LogP contribution in [-0.2, 0) is 6.54 Å². The molecule has 0 saturated carbocycles. The standard InChI is InChI=1S/C22H19ClN2O2/c1-26-16-6-3-14(4-7-16)13-24-22-18-9-5-15(23)11-21(18)25-20-10-8-17(27-2)12-19(20)22/h3-12H,13H2,1-2H3,(H,24,25). The molecule has 0 aliphatic carbocycles. The Morgan fingerprint density at radius 1 is 0.815 bits per heavy atom. The number of methoxy groups -OCH3 is 2. The van der Waals surface area contributed by atoms with E-state index in [2.05, 4.69) is 17.4 Å². The van der Waals surface area contributed by atoms with Crippen LogP contribution < -0.4 is 14.8 Å². The summed E-state index contributed by atoms with van der Waals surface area (Å²) in [7, 11) is 3.33. The van der Waals surface area contributed by atoms with Gasteiger partial charge in [-0.3, -0.25) is 0 Å². The molecule has 3 aromatic carbocycles. The van der Waals surface area contributed by atoms with Gasteiger partial charge in [-0.1, -0.05) is 23.7 Å². The maximum atomic E-state index is 6.18. The maximum Gasteiger partial charge on any atom is 0.119 e. The second-order valence-electron chi connectivity index (χ2n) is 6.23. The van der Waals surface area contributed by atoms with Gasteiger partial charge in [0.2, 0.25) is 0 Å². The Kier molecular flexibility index (Phi) is 4.73. The van der Waals surface area contributed by atoms with E-state index in [1.165, 1.54) is 0 Å². The Morgan fingerprint density at radius 3 is 2.30 bits per heavy atom. The van der Waals surface area contributed by atoms with Gasteiger partial charge in [0.05, 0.1) is 30.9 Å². The quantitative estimate of drug-likeness (QED) is 0.454. The Morgan fingerprint density at radius 2 is 1.56 bits per heavy atom. The van der Waals surface area contributed by atoms with Crippen molar-refractivity contribution in [2.24, 2.45) is 0 Å². The van der Waals surface area contributed by atoms with Crippen LogP contribution in [0.25, 0.3) is 21.8 Å². The molecular formula is C22H19ClN2O2. The first-order valence-corrected chi connectivity index (χ1v) is 8.99. The summed E-state index contributed by atoms with van der Waals surface area (Å²) in [5.74, 6) is 1.64. The van der Waals surface area contributed by atoms with Gasteiger partial charge in [0, 0.05) is 22.3 Å². The number of benzene rings is 3.